The van der Waals surface area contributed by atoms with E-state index in [1.54, 1.807) is 43.5 Å². The number of amides is 2. The fourth-order valence-corrected chi connectivity index (χ4v) is 4.70. The number of ether oxygens (including phenoxy) is 1. The first-order valence-electron chi connectivity index (χ1n) is 10.8. The lowest BCUT2D eigenvalue weighted by atomic mass is 10.2. The Balaban J connectivity index is 1.49. The number of anilines is 2. The molecule has 0 aliphatic carbocycles. The quantitative estimate of drug-likeness (QED) is 0.270. The molecule has 2 amide bonds. The van der Waals surface area contributed by atoms with Gasteiger partial charge in [0.1, 0.15) is 11.0 Å². The number of amidine groups is 1. The Bertz CT molecular complexity index is 1170. The lowest BCUT2D eigenvalue weighted by molar-refractivity contribution is -0.121. The molecule has 8 heteroatoms. The van der Waals surface area contributed by atoms with Crippen LogP contribution in [0.1, 0.15) is 12.0 Å². The molecule has 1 fully saturated rings. The Morgan fingerprint density at radius 1 is 1.06 bits per heavy atom. The van der Waals surface area contributed by atoms with Crippen LogP contribution < -0.4 is 15.0 Å². The molecule has 1 N–H and O–H groups in total. The first kappa shape index (κ1) is 23.9. The summed E-state index contributed by atoms with van der Waals surface area (Å²) in [5.74, 6) is 0.172. The lowest BCUT2D eigenvalue weighted by Crippen LogP contribution is -2.31. The molecule has 0 radical (unpaired) electrons. The van der Waals surface area contributed by atoms with Gasteiger partial charge in [-0.1, -0.05) is 53.7 Å². The fourth-order valence-electron chi connectivity index (χ4n) is 3.53. The highest BCUT2D eigenvalue weighted by atomic mass is 35.5. The van der Waals surface area contributed by atoms with Gasteiger partial charge in [0.15, 0.2) is 5.17 Å². The molecule has 1 saturated heterocycles. The van der Waals surface area contributed by atoms with E-state index in [1.807, 2.05) is 30.3 Å². The average Bonchev–Trinajstić information content (AvgIpc) is 3.13. The van der Waals surface area contributed by atoms with Gasteiger partial charge in [-0.3, -0.25) is 14.6 Å². The maximum Gasteiger partial charge on any atom is 0.247 e. The summed E-state index contributed by atoms with van der Waals surface area (Å²) in [6, 6.07) is 24.2. The van der Waals surface area contributed by atoms with Crippen LogP contribution in [0, 0.1) is 0 Å². The van der Waals surface area contributed by atoms with Crippen LogP contribution in [0.15, 0.2) is 83.9 Å². The number of halogens is 1. The van der Waals surface area contributed by atoms with Gasteiger partial charge in [0.05, 0.1) is 12.8 Å². The standard InChI is InChI=1S/C26H24ClN3O3S/c1-33-22-13-11-21(12-14-22)30-24(31)17-23(25(30)32)34-26(29-20-9-7-19(27)8-10-20)28-16-15-18-5-3-2-4-6-18/h2-14,23H,15-17H2,1H3,(H,28,29). The predicted octanol–water partition coefficient (Wildman–Crippen LogP) is 5.42. The number of nitrogens with one attached hydrogen (secondary N) is 1. The molecule has 1 aliphatic rings. The number of rotatable bonds is 7. The van der Waals surface area contributed by atoms with Crippen LogP contribution in [0.5, 0.6) is 5.75 Å². The van der Waals surface area contributed by atoms with Crippen LogP contribution >= 0.6 is 23.4 Å². The number of aliphatic imine (C=N–C) groups is 1. The zero-order chi connectivity index (χ0) is 23.9. The van der Waals surface area contributed by atoms with Crippen LogP contribution in [0.2, 0.25) is 5.02 Å². The molecule has 34 heavy (non-hydrogen) atoms. The molecule has 174 valence electrons. The molecular weight excluding hydrogens is 470 g/mol. The third-order valence-electron chi connectivity index (χ3n) is 5.28. The van der Waals surface area contributed by atoms with E-state index in [-0.39, 0.29) is 18.2 Å². The van der Waals surface area contributed by atoms with Crippen molar-refractivity contribution in [3.63, 3.8) is 0 Å². The Labute approximate surface area is 208 Å². The van der Waals surface area contributed by atoms with Gasteiger partial charge in [-0.05, 0) is 60.5 Å². The minimum absolute atomic E-state index is 0.107. The Kier molecular flexibility index (Phi) is 7.87. The highest BCUT2D eigenvalue weighted by Crippen LogP contribution is 2.31. The first-order chi connectivity index (χ1) is 16.5. The van der Waals surface area contributed by atoms with E-state index in [0.717, 1.165) is 12.1 Å². The van der Waals surface area contributed by atoms with Gasteiger partial charge < -0.3 is 10.1 Å². The summed E-state index contributed by atoms with van der Waals surface area (Å²) in [4.78, 5) is 31.8. The topological polar surface area (TPSA) is 71.0 Å². The van der Waals surface area contributed by atoms with Gasteiger partial charge in [0, 0.05) is 23.7 Å². The second-order valence-corrected chi connectivity index (χ2v) is 9.26. The molecule has 0 spiro atoms. The van der Waals surface area contributed by atoms with Crippen LogP contribution in [-0.2, 0) is 16.0 Å². The predicted molar refractivity (Wildman–Crippen MR) is 139 cm³/mol. The van der Waals surface area contributed by atoms with Crippen molar-refractivity contribution in [3.05, 3.63) is 89.4 Å². The van der Waals surface area contributed by atoms with Crippen molar-refractivity contribution < 1.29 is 14.3 Å². The van der Waals surface area contributed by atoms with Crippen LogP contribution in [0.3, 0.4) is 0 Å². The highest BCUT2D eigenvalue weighted by molar-refractivity contribution is 8.15. The van der Waals surface area contributed by atoms with E-state index in [4.69, 9.17) is 21.3 Å². The minimum Gasteiger partial charge on any atom is -0.497 e. The summed E-state index contributed by atoms with van der Waals surface area (Å²) >= 11 is 7.28. The summed E-state index contributed by atoms with van der Waals surface area (Å²) in [6.07, 6.45) is 0.873. The number of nitrogens with zero attached hydrogens (tertiary/aromatic N) is 2. The van der Waals surface area contributed by atoms with Gasteiger partial charge in [0.25, 0.3) is 0 Å². The van der Waals surface area contributed by atoms with Gasteiger partial charge >= 0.3 is 0 Å². The molecule has 1 aliphatic heterocycles. The van der Waals surface area contributed by atoms with Gasteiger partial charge in [-0.15, -0.1) is 0 Å². The van der Waals surface area contributed by atoms with Crippen LogP contribution in [0.4, 0.5) is 11.4 Å². The van der Waals surface area contributed by atoms with Crippen molar-refractivity contribution in [1.82, 2.24) is 0 Å². The van der Waals surface area contributed by atoms with E-state index >= 15 is 0 Å². The number of methoxy groups -OCH3 is 1. The Hall–Kier alpha value is -3.29. The second-order valence-electron chi connectivity index (χ2n) is 7.63. The van der Waals surface area contributed by atoms with Crippen LogP contribution in [-0.4, -0.2) is 35.9 Å². The Morgan fingerprint density at radius 2 is 1.76 bits per heavy atom. The zero-order valence-corrected chi connectivity index (χ0v) is 20.2. The fraction of sp³-hybridized carbons (Fsp3) is 0.192. The van der Waals surface area contributed by atoms with E-state index in [0.29, 0.717) is 28.2 Å². The molecule has 6 nitrogen and oxygen atoms in total. The largest absolute Gasteiger partial charge is 0.497 e. The number of benzene rings is 3. The maximum absolute atomic E-state index is 13.2. The monoisotopic (exact) mass is 493 g/mol. The Morgan fingerprint density at radius 3 is 2.44 bits per heavy atom. The molecule has 1 heterocycles. The molecule has 0 aromatic heterocycles. The second kappa shape index (κ2) is 11.2. The normalized spacial score (nSPS) is 16.1. The number of hydrogen-bond acceptors (Lipinski definition) is 5. The van der Waals surface area contributed by atoms with Gasteiger partial charge in [-0.2, -0.15) is 0 Å². The van der Waals surface area contributed by atoms with E-state index in [9.17, 15) is 9.59 Å². The molecule has 4 rings (SSSR count). The summed E-state index contributed by atoms with van der Waals surface area (Å²) < 4.78 is 5.17. The number of hydrogen-bond donors (Lipinski definition) is 1. The van der Waals surface area contributed by atoms with Gasteiger partial charge in [-0.25, -0.2) is 4.90 Å². The summed E-state index contributed by atoms with van der Waals surface area (Å²) in [5.41, 5.74) is 2.52. The summed E-state index contributed by atoms with van der Waals surface area (Å²) in [6.45, 7) is 0.546. The first-order valence-corrected chi connectivity index (χ1v) is 12.1. The van der Waals surface area contributed by atoms with Crippen molar-refractivity contribution in [3.8, 4) is 5.75 Å². The van der Waals surface area contributed by atoms with Crippen LogP contribution in [0.25, 0.3) is 0 Å². The third-order valence-corrected chi connectivity index (χ3v) is 6.64. The van der Waals surface area contributed by atoms with Gasteiger partial charge in [0.2, 0.25) is 11.8 Å². The van der Waals surface area contributed by atoms with Crippen molar-refractivity contribution in [2.75, 3.05) is 23.9 Å². The minimum atomic E-state index is -0.565. The summed E-state index contributed by atoms with van der Waals surface area (Å²) in [7, 11) is 1.57. The number of carbonyl (C=O) groups excluding carboxylic acids is 2. The smallest absolute Gasteiger partial charge is 0.247 e. The zero-order valence-electron chi connectivity index (χ0n) is 18.6. The van der Waals surface area contributed by atoms with Crippen molar-refractivity contribution in [1.29, 1.82) is 0 Å². The van der Waals surface area contributed by atoms with Crippen molar-refractivity contribution >= 4 is 51.7 Å². The van der Waals surface area contributed by atoms with Crippen molar-refractivity contribution in [2.24, 2.45) is 4.99 Å². The molecule has 3 aromatic rings. The maximum atomic E-state index is 13.2. The SMILES string of the molecule is COc1ccc(N2C(=O)CC(SC(=NCCc3ccccc3)Nc3ccc(Cl)cc3)C2=O)cc1. The van der Waals surface area contributed by atoms with E-state index in [2.05, 4.69) is 17.4 Å². The highest BCUT2D eigenvalue weighted by Gasteiger charge is 2.40. The third kappa shape index (κ3) is 5.98. The summed E-state index contributed by atoms with van der Waals surface area (Å²) in [5, 5.41) is 3.93. The number of thioether (sulfide) groups is 1. The molecular formula is C26H24ClN3O3S. The molecule has 0 bridgehead atoms. The number of carbonyl (C=O) groups is 2. The van der Waals surface area contributed by atoms with Crippen molar-refractivity contribution in [2.45, 2.75) is 18.1 Å². The molecule has 3 aromatic carbocycles. The lowest BCUT2D eigenvalue weighted by Gasteiger charge is -2.16. The number of imide groups is 1. The molecule has 1 atom stereocenters. The van der Waals surface area contributed by atoms with E-state index in [1.165, 1.54) is 22.2 Å². The molecule has 0 saturated carbocycles. The average molecular weight is 494 g/mol. The van der Waals surface area contributed by atoms with E-state index < -0.39 is 5.25 Å². The molecule has 1 unspecified atom stereocenters.